The second-order valence-corrected chi connectivity index (χ2v) is 5.14. The van der Waals surface area contributed by atoms with E-state index in [-0.39, 0.29) is 0 Å². The quantitative estimate of drug-likeness (QED) is 0.679. The average molecular weight is 305 g/mol. The van der Waals surface area contributed by atoms with Gasteiger partial charge in [-0.2, -0.15) is 0 Å². The van der Waals surface area contributed by atoms with Crippen molar-refractivity contribution >= 4 is 27.5 Å². The van der Waals surface area contributed by atoms with E-state index in [9.17, 15) is 0 Å². The molecule has 0 aliphatic carbocycles. The Kier molecular flexibility index (Phi) is 7.10. The van der Waals surface area contributed by atoms with E-state index >= 15 is 0 Å². The van der Waals surface area contributed by atoms with E-state index in [2.05, 4.69) is 46.0 Å². The Morgan fingerprint density at radius 2 is 2.00 bits per heavy atom. The van der Waals surface area contributed by atoms with Gasteiger partial charge in [0.05, 0.1) is 0 Å². The smallest absolute Gasteiger partial charge is 0.0351 e. The third kappa shape index (κ3) is 4.86. The minimum atomic E-state index is 0.703. The monoisotopic (exact) mass is 303 g/mol. The largest absolute Gasteiger partial charge is 0.298 e. The van der Waals surface area contributed by atoms with Gasteiger partial charge < -0.3 is 0 Å². The Bertz CT molecular complexity index is 304. The molecule has 0 atom stereocenters. The summed E-state index contributed by atoms with van der Waals surface area (Å²) in [5.74, 6) is 0.703. The molecule has 0 heterocycles. The van der Waals surface area contributed by atoms with Gasteiger partial charge in [0.2, 0.25) is 0 Å². The molecule has 16 heavy (non-hydrogen) atoms. The van der Waals surface area contributed by atoms with Gasteiger partial charge in [0.15, 0.2) is 0 Å². The number of nitrogens with zero attached hydrogens (tertiary/aromatic N) is 1. The molecule has 1 aromatic rings. The highest BCUT2D eigenvalue weighted by molar-refractivity contribution is 9.10. The van der Waals surface area contributed by atoms with Crippen molar-refractivity contribution in [3.8, 4) is 0 Å². The van der Waals surface area contributed by atoms with Crippen molar-refractivity contribution in [3.63, 3.8) is 0 Å². The van der Waals surface area contributed by atoms with Crippen molar-refractivity contribution in [1.29, 1.82) is 0 Å². The summed E-state index contributed by atoms with van der Waals surface area (Å²) in [5, 5.41) is 0. The molecule has 0 fully saturated rings. The second-order valence-electron chi connectivity index (χ2n) is 3.91. The molecule has 0 N–H and O–H groups in total. The van der Waals surface area contributed by atoms with Crippen molar-refractivity contribution in [2.75, 3.05) is 19.0 Å². The van der Waals surface area contributed by atoms with Crippen LogP contribution < -0.4 is 0 Å². The van der Waals surface area contributed by atoms with Gasteiger partial charge in [-0.3, -0.25) is 4.90 Å². The van der Waals surface area contributed by atoms with E-state index in [1.54, 1.807) is 0 Å². The van der Waals surface area contributed by atoms with Gasteiger partial charge >= 0.3 is 0 Å². The fourth-order valence-electron chi connectivity index (χ4n) is 1.64. The molecule has 0 spiro atoms. The van der Waals surface area contributed by atoms with E-state index in [4.69, 9.17) is 11.6 Å². The number of rotatable bonds is 7. The Morgan fingerprint density at radius 1 is 1.25 bits per heavy atom. The van der Waals surface area contributed by atoms with Gasteiger partial charge in [0.1, 0.15) is 0 Å². The van der Waals surface area contributed by atoms with Gasteiger partial charge in [-0.1, -0.05) is 47.5 Å². The van der Waals surface area contributed by atoms with Crippen LogP contribution in [0.4, 0.5) is 0 Å². The molecule has 0 saturated carbocycles. The van der Waals surface area contributed by atoms with Gasteiger partial charge in [-0.15, -0.1) is 11.6 Å². The van der Waals surface area contributed by atoms with Crippen molar-refractivity contribution in [1.82, 2.24) is 4.90 Å². The summed E-state index contributed by atoms with van der Waals surface area (Å²) in [7, 11) is 0. The van der Waals surface area contributed by atoms with Gasteiger partial charge in [-0.25, -0.2) is 0 Å². The van der Waals surface area contributed by atoms with Crippen LogP contribution >= 0.6 is 27.5 Å². The lowest BCUT2D eigenvalue weighted by atomic mass is 10.2. The zero-order chi connectivity index (χ0) is 11.8. The molecule has 90 valence electrons. The highest BCUT2D eigenvalue weighted by Gasteiger charge is 2.06. The fraction of sp³-hybridized carbons (Fsp3) is 0.538. The van der Waals surface area contributed by atoms with E-state index in [0.29, 0.717) is 5.88 Å². The molecule has 1 aromatic carbocycles. The molecule has 0 aromatic heterocycles. The van der Waals surface area contributed by atoms with Crippen LogP contribution in [0.1, 0.15) is 25.3 Å². The molecule has 0 amide bonds. The minimum Gasteiger partial charge on any atom is -0.298 e. The van der Waals surface area contributed by atoms with Gasteiger partial charge in [-0.05, 0) is 24.6 Å². The third-order valence-electron chi connectivity index (χ3n) is 2.58. The predicted molar refractivity (Wildman–Crippen MR) is 75.0 cm³/mol. The van der Waals surface area contributed by atoms with Gasteiger partial charge in [0.25, 0.3) is 0 Å². The lowest BCUT2D eigenvalue weighted by Gasteiger charge is -2.21. The zero-order valence-electron chi connectivity index (χ0n) is 9.76. The Hall–Kier alpha value is -0.0500. The molecule has 0 aliphatic rings. The van der Waals surface area contributed by atoms with E-state index in [1.165, 1.54) is 22.9 Å². The van der Waals surface area contributed by atoms with Gasteiger partial charge in [0, 0.05) is 23.4 Å². The predicted octanol–water partition coefficient (Wildman–Crippen LogP) is 4.29. The van der Waals surface area contributed by atoms with E-state index < -0.39 is 0 Å². The molecule has 0 unspecified atom stereocenters. The van der Waals surface area contributed by atoms with Crippen LogP contribution in [0.3, 0.4) is 0 Å². The van der Waals surface area contributed by atoms with E-state index in [1.807, 2.05) is 6.07 Å². The maximum atomic E-state index is 5.83. The van der Waals surface area contributed by atoms with Crippen LogP contribution in [0.15, 0.2) is 28.7 Å². The van der Waals surface area contributed by atoms with Crippen LogP contribution in [-0.2, 0) is 6.54 Å². The van der Waals surface area contributed by atoms with Crippen LogP contribution in [0, 0.1) is 0 Å². The highest BCUT2D eigenvalue weighted by atomic mass is 79.9. The highest BCUT2D eigenvalue weighted by Crippen LogP contribution is 2.18. The van der Waals surface area contributed by atoms with Crippen LogP contribution in [-0.4, -0.2) is 23.9 Å². The average Bonchev–Trinajstić information content (AvgIpc) is 2.29. The summed E-state index contributed by atoms with van der Waals surface area (Å²) in [6.45, 7) is 5.29. The Labute approximate surface area is 112 Å². The first-order valence-corrected chi connectivity index (χ1v) is 7.12. The first kappa shape index (κ1) is 14.0. The Morgan fingerprint density at radius 3 is 2.62 bits per heavy atom. The van der Waals surface area contributed by atoms with Crippen molar-refractivity contribution in [2.24, 2.45) is 0 Å². The first-order chi connectivity index (χ1) is 7.77. The molecule has 0 radical (unpaired) electrons. The first-order valence-electron chi connectivity index (χ1n) is 5.79. The number of halogens is 2. The third-order valence-corrected chi connectivity index (χ3v) is 3.52. The molecule has 1 rings (SSSR count). The van der Waals surface area contributed by atoms with Crippen molar-refractivity contribution in [3.05, 3.63) is 34.3 Å². The summed E-state index contributed by atoms with van der Waals surface area (Å²) in [6.07, 6.45) is 2.47. The number of benzene rings is 1. The number of unbranched alkanes of at least 4 members (excludes halogenated alkanes) is 1. The molecule has 0 bridgehead atoms. The van der Waals surface area contributed by atoms with Crippen LogP contribution in [0.2, 0.25) is 0 Å². The molecule has 1 nitrogen and oxygen atoms in total. The van der Waals surface area contributed by atoms with Crippen LogP contribution in [0.5, 0.6) is 0 Å². The maximum absolute atomic E-state index is 5.83. The number of alkyl halides is 1. The molecular weight excluding hydrogens is 286 g/mol. The second kappa shape index (κ2) is 8.10. The van der Waals surface area contributed by atoms with Crippen LogP contribution in [0.25, 0.3) is 0 Å². The lowest BCUT2D eigenvalue weighted by molar-refractivity contribution is 0.276. The van der Waals surface area contributed by atoms with Crippen molar-refractivity contribution < 1.29 is 0 Å². The Balaban J connectivity index is 2.56. The number of hydrogen-bond donors (Lipinski definition) is 0. The molecular formula is C13H19BrClN. The van der Waals surface area contributed by atoms with E-state index in [0.717, 1.165) is 19.6 Å². The minimum absolute atomic E-state index is 0.703. The maximum Gasteiger partial charge on any atom is 0.0351 e. The summed E-state index contributed by atoms with van der Waals surface area (Å²) in [6, 6.07) is 8.38. The topological polar surface area (TPSA) is 3.24 Å². The van der Waals surface area contributed by atoms with Crippen molar-refractivity contribution in [2.45, 2.75) is 26.3 Å². The molecule has 0 aliphatic heterocycles. The molecule has 0 saturated heterocycles. The normalized spacial score (nSPS) is 11.0. The lowest BCUT2D eigenvalue weighted by Crippen LogP contribution is -2.26. The summed E-state index contributed by atoms with van der Waals surface area (Å²) in [5.41, 5.74) is 1.34. The fourth-order valence-corrected chi connectivity index (χ4v) is 2.29. The standard InChI is InChI=1S/C13H19BrClN/c1-2-3-9-16(10-8-15)11-12-6-4-5-7-13(12)14/h4-7H,2-3,8-11H2,1H3. The summed E-state index contributed by atoms with van der Waals surface area (Å²) < 4.78 is 1.19. The SMILES string of the molecule is CCCCN(CCCl)Cc1ccccc1Br. The summed E-state index contributed by atoms with van der Waals surface area (Å²) >= 11 is 9.41. The zero-order valence-corrected chi connectivity index (χ0v) is 12.1. The summed E-state index contributed by atoms with van der Waals surface area (Å²) in [4.78, 5) is 2.41. The number of hydrogen-bond acceptors (Lipinski definition) is 1. The molecule has 3 heteroatoms.